The molecule has 116 valence electrons. The second-order valence-electron chi connectivity index (χ2n) is 4.99. The van der Waals surface area contributed by atoms with Crippen LogP contribution in [0.4, 0.5) is 4.79 Å². The molecule has 2 atom stereocenters. The van der Waals surface area contributed by atoms with E-state index in [-0.39, 0.29) is 11.4 Å². The Hall–Kier alpha value is -1.21. The number of carbonyl (C=O) groups excluding carboxylic acids is 1. The zero-order valence-corrected chi connectivity index (χ0v) is 13.8. The number of carboxylic acids is 1. The molecule has 0 spiro atoms. The first kappa shape index (κ1) is 16.2. The van der Waals surface area contributed by atoms with Crippen LogP contribution < -0.4 is 0 Å². The molecular formula is C14H20N2O3S2. The minimum absolute atomic E-state index is 0.0391. The van der Waals surface area contributed by atoms with Crippen LogP contribution in [0.1, 0.15) is 18.2 Å². The first-order valence-electron chi connectivity index (χ1n) is 6.94. The molecule has 1 saturated heterocycles. The molecule has 0 saturated carbocycles. The fraction of sp³-hybridized carbons (Fsp3) is 0.571. The van der Waals surface area contributed by atoms with Crippen LogP contribution in [0.2, 0.25) is 0 Å². The number of amides is 2. The van der Waals surface area contributed by atoms with E-state index in [2.05, 4.69) is 0 Å². The molecular weight excluding hydrogens is 308 g/mol. The molecule has 1 aliphatic rings. The lowest BCUT2D eigenvalue weighted by Gasteiger charge is -2.31. The standard InChI is InChI=1S/C14H20N2O3S2/c1-3-12-16(11(9-21-12)13(17)18)14(19)15(2)7-6-10-5-4-8-20-10/h4-5,8,11-12H,3,6-7,9H2,1-2H3,(H,17,18). The number of hydrogen-bond donors (Lipinski definition) is 1. The molecule has 0 radical (unpaired) electrons. The Bertz CT molecular complexity index is 492. The van der Waals surface area contributed by atoms with Gasteiger partial charge in [0.05, 0.1) is 5.37 Å². The minimum atomic E-state index is -0.918. The van der Waals surface area contributed by atoms with Crippen LogP contribution in [0.5, 0.6) is 0 Å². The summed E-state index contributed by atoms with van der Waals surface area (Å²) in [5, 5.41) is 11.3. The van der Waals surface area contributed by atoms with Crippen molar-refractivity contribution in [1.82, 2.24) is 9.80 Å². The number of urea groups is 1. The van der Waals surface area contributed by atoms with Gasteiger partial charge in [-0.05, 0) is 24.3 Å². The molecule has 0 bridgehead atoms. The van der Waals surface area contributed by atoms with E-state index >= 15 is 0 Å². The maximum absolute atomic E-state index is 12.6. The number of aliphatic carboxylic acids is 1. The lowest BCUT2D eigenvalue weighted by Crippen LogP contribution is -2.50. The SMILES string of the molecule is CCC1SCC(C(=O)O)N1C(=O)N(C)CCc1cccs1. The molecule has 0 aliphatic carbocycles. The van der Waals surface area contributed by atoms with Crippen molar-refractivity contribution < 1.29 is 14.7 Å². The van der Waals surface area contributed by atoms with Crippen LogP contribution in [-0.2, 0) is 11.2 Å². The molecule has 1 fully saturated rings. The van der Waals surface area contributed by atoms with Gasteiger partial charge < -0.3 is 10.0 Å². The molecule has 1 aliphatic heterocycles. The second kappa shape index (κ2) is 7.17. The molecule has 21 heavy (non-hydrogen) atoms. The third-order valence-corrected chi connectivity index (χ3v) is 5.94. The maximum Gasteiger partial charge on any atom is 0.327 e. The van der Waals surface area contributed by atoms with Gasteiger partial charge in [0.2, 0.25) is 0 Å². The van der Waals surface area contributed by atoms with Gasteiger partial charge in [-0.2, -0.15) is 0 Å². The van der Waals surface area contributed by atoms with Crippen LogP contribution in [0.25, 0.3) is 0 Å². The second-order valence-corrected chi connectivity index (χ2v) is 7.23. The van der Waals surface area contributed by atoms with Gasteiger partial charge in [-0.3, -0.25) is 4.90 Å². The summed E-state index contributed by atoms with van der Waals surface area (Å²) < 4.78 is 0. The normalized spacial score (nSPS) is 21.5. The number of hydrogen-bond acceptors (Lipinski definition) is 4. The van der Waals surface area contributed by atoms with E-state index in [4.69, 9.17) is 0 Å². The minimum Gasteiger partial charge on any atom is -0.480 e. The summed E-state index contributed by atoms with van der Waals surface area (Å²) in [6, 6.07) is 3.14. The van der Waals surface area contributed by atoms with Crippen LogP contribution >= 0.6 is 23.1 Å². The van der Waals surface area contributed by atoms with Crippen molar-refractivity contribution in [3.05, 3.63) is 22.4 Å². The van der Waals surface area contributed by atoms with Crippen molar-refractivity contribution in [1.29, 1.82) is 0 Å². The molecule has 2 amide bonds. The van der Waals surface area contributed by atoms with Crippen molar-refractivity contribution in [2.75, 3.05) is 19.3 Å². The molecule has 1 N–H and O–H groups in total. The summed E-state index contributed by atoms with van der Waals surface area (Å²) in [4.78, 5) is 28.3. The van der Waals surface area contributed by atoms with Crippen LogP contribution in [0.3, 0.4) is 0 Å². The first-order valence-corrected chi connectivity index (χ1v) is 8.87. The van der Waals surface area contributed by atoms with E-state index in [9.17, 15) is 14.7 Å². The number of carboxylic acid groups (broad SMARTS) is 1. The van der Waals surface area contributed by atoms with E-state index in [0.29, 0.717) is 12.3 Å². The molecule has 5 nitrogen and oxygen atoms in total. The Balaban J connectivity index is 2.00. The quantitative estimate of drug-likeness (QED) is 0.902. The summed E-state index contributed by atoms with van der Waals surface area (Å²) >= 11 is 3.22. The Morgan fingerprint density at radius 1 is 1.52 bits per heavy atom. The molecule has 2 heterocycles. The van der Waals surface area contributed by atoms with Crippen molar-refractivity contribution >= 4 is 35.1 Å². The third kappa shape index (κ3) is 3.71. The highest BCUT2D eigenvalue weighted by Gasteiger charge is 2.41. The topological polar surface area (TPSA) is 60.9 Å². The third-order valence-electron chi connectivity index (χ3n) is 3.55. The van der Waals surface area contributed by atoms with Gasteiger partial charge in [-0.25, -0.2) is 9.59 Å². The summed E-state index contributed by atoms with van der Waals surface area (Å²) in [7, 11) is 1.74. The molecule has 2 unspecified atom stereocenters. The van der Waals surface area contributed by atoms with Gasteiger partial charge in [0, 0.05) is 24.2 Å². The summed E-state index contributed by atoms with van der Waals surface area (Å²) in [6.07, 6.45) is 1.56. The van der Waals surface area contributed by atoms with E-state index in [1.807, 2.05) is 24.4 Å². The van der Waals surface area contributed by atoms with E-state index in [0.717, 1.165) is 12.8 Å². The Labute approximate surface area is 132 Å². The van der Waals surface area contributed by atoms with E-state index in [1.54, 1.807) is 35.0 Å². The van der Waals surface area contributed by atoms with Gasteiger partial charge in [-0.15, -0.1) is 23.1 Å². The molecule has 1 aromatic rings. The van der Waals surface area contributed by atoms with Crippen molar-refractivity contribution in [3.8, 4) is 0 Å². The lowest BCUT2D eigenvalue weighted by atomic mass is 10.2. The van der Waals surface area contributed by atoms with Gasteiger partial charge in [0.15, 0.2) is 0 Å². The van der Waals surface area contributed by atoms with Crippen LogP contribution in [0.15, 0.2) is 17.5 Å². The van der Waals surface area contributed by atoms with Crippen LogP contribution in [-0.4, -0.2) is 57.7 Å². The molecule has 1 aromatic heterocycles. The Morgan fingerprint density at radius 3 is 2.86 bits per heavy atom. The Kier molecular flexibility index (Phi) is 5.52. The fourth-order valence-corrected chi connectivity index (χ4v) is 4.39. The van der Waals surface area contributed by atoms with E-state index in [1.165, 1.54) is 9.78 Å². The van der Waals surface area contributed by atoms with Gasteiger partial charge >= 0.3 is 12.0 Å². The maximum atomic E-state index is 12.6. The number of nitrogens with zero attached hydrogens (tertiary/aromatic N) is 2. The number of rotatable bonds is 5. The zero-order chi connectivity index (χ0) is 15.4. The van der Waals surface area contributed by atoms with E-state index < -0.39 is 12.0 Å². The summed E-state index contributed by atoms with van der Waals surface area (Å²) in [5.74, 6) is -0.448. The predicted molar refractivity (Wildman–Crippen MR) is 85.8 cm³/mol. The van der Waals surface area contributed by atoms with Crippen molar-refractivity contribution in [3.63, 3.8) is 0 Å². The number of likely N-dealkylation sites (N-methyl/N-ethyl adjacent to an activating group) is 1. The van der Waals surface area contributed by atoms with Crippen molar-refractivity contribution in [2.24, 2.45) is 0 Å². The average Bonchev–Trinajstić information content (AvgIpc) is 3.12. The van der Waals surface area contributed by atoms with Gasteiger partial charge in [0.1, 0.15) is 6.04 Å². The summed E-state index contributed by atoms with van der Waals surface area (Å²) in [5.41, 5.74) is 0. The zero-order valence-electron chi connectivity index (χ0n) is 12.2. The first-order chi connectivity index (χ1) is 10.0. The highest BCUT2D eigenvalue weighted by atomic mass is 32.2. The van der Waals surface area contributed by atoms with Gasteiger partial charge in [0.25, 0.3) is 0 Å². The number of carbonyl (C=O) groups is 2. The van der Waals surface area contributed by atoms with Crippen LogP contribution in [0, 0.1) is 0 Å². The van der Waals surface area contributed by atoms with Gasteiger partial charge in [-0.1, -0.05) is 13.0 Å². The number of thioether (sulfide) groups is 1. The monoisotopic (exact) mass is 328 g/mol. The highest BCUT2D eigenvalue weighted by molar-refractivity contribution is 8.00. The number of thiophene rings is 1. The lowest BCUT2D eigenvalue weighted by molar-refractivity contribution is -0.141. The van der Waals surface area contributed by atoms with Crippen molar-refractivity contribution in [2.45, 2.75) is 31.2 Å². The molecule has 7 heteroatoms. The average molecular weight is 328 g/mol. The largest absolute Gasteiger partial charge is 0.480 e. The Morgan fingerprint density at radius 2 is 2.29 bits per heavy atom. The smallest absolute Gasteiger partial charge is 0.327 e. The molecule has 2 rings (SSSR count). The summed E-state index contributed by atoms with van der Waals surface area (Å²) in [6.45, 7) is 2.58. The predicted octanol–water partition coefficient (Wildman–Crippen LogP) is 2.58. The molecule has 0 aromatic carbocycles. The highest BCUT2D eigenvalue weighted by Crippen LogP contribution is 2.32. The fourth-order valence-electron chi connectivity index (χ4n) is 2.35.